The molecule has 1 aromatic rings. The van der Waals surface area contributed by atoms with Crippen LogP contribution in [0.3, 0.4) is 0 Å². The first-order chi connectivity index (χ1) is 9.13. The van der Waals surface area contributed by atoms with Gasteiger partial charge in [-0.3, -0.25) is 4.68 Å². The highest BCUT2D eigenvalue weighted by atomic mass is 15.3. The fraction of sp³-hybridized carbons (Fsp3) is 0.800. The van der Waals surface area contributed by atoms with Crippen LogP contribution in [0.4, 0.5) is 0 Å². The molecular formula is C15H28N4. The van der Waals surface area contributed by atoms with Crippen LogP contribution in [0.25, 0.3) is 0 Å². The summed E-state index contributed by atoms with van der Waals surface area (Å²) in [4.78, 5) is 2.43. The van der Waals surface area contributed by atoms with Crippen molar-refractivity contribution >= 4 is 0 Å². The molecule has 108 valence electrons. The molecule has 0 bridgehead atoms. The zero-order valence-corrected chi connectivity index (χ0v) is 12.7. The van der Waals surface area contributed by atoms with Gasteiger partial charge in [-0.1, -0.05) is 13.8 Å². The van der Waals surface area contributed by atoms with E-state index >= 15 is 0 Å². The lowest BCUT2D eigenvalue weighted by Crippen LogP contribution is -2.42. The zero-order chi connectivity index (χ0) is 13.7. The van der Waals surface area contributed by atoms with Crippen molar-refractivity contribution < 1.29 is 0 Å². The van der Waals surface area contributed by atoms with Crippen LogP contribution < -0.4 is 5.32 Å². The number of aryl methyl sites for hydroxylation is 1. The number of piperidine rings is 1. The van der Waals surface area contributed by atoms with E-state index in [9.17, 15) is 0 Å². The Kier molecular flexibility index (Phi) is 4.99. The third kappa shape index (κ3) is 4.05. The topological polar surface area (TPSA) is 33.1 Å². The minimum Gasteiger partial charge on any atom is -0.311 e. The first-order valence-electron chi connectivity index (χ1n) is 7.53. The number of aromatic nitrogens is 2. The molecule has 0 aromatic carbocycles. The quantitative estimate of drug-likeness (QED) is 0.854. The van der Waals surface area contributed by atoms with Crippen molar-refractivity contribution in [2.45, 2.75) is 46.2 Å². The van der Waals surface area contributed by atoms with E-state index in [1.165, 1.54) is 31.6 Å². The Hall–Kier alpha value is -0.870. The molecule has 2 heterocycles. The molecule has 1 aliphatic rings. The van der Waals surface area contributed by atoms with Gasteiger partial charge in [0.05, 0.1) is 5.69 Å². The van der Waals surface area contributed by atoms with Crippen LogP contribution in [0.1, 0.15) is 38.8 Å². The lowest BCUT2D eigenvalue weighted by Gasteiger charge is -2.38. The zero-order valence-electron chi connectivity index (χ0n) is 12.7. The number of nitrogens with one attached hydrogen (secondary N) is 1. The van der Waals surface area contributed by atoms with E-state index in [0.29, 0.717) is 5.41 Å². The van der Waals surface area contributed by atoms with Gasteiger partial charge >= 0.3 is 0 Å². The molecule has 0 saturated carbocycles. The fourth-order valence-corrected chi connectivity index (χ4v) is 2.75. The average Bonchev–Trinajstić information content (AvgIpc) is 2.82. The summed E-state index contributed by atoms with van der Waals surface area (Å²) in [6.07, 6.45) is 5.64. The van der Waals surface area contributed by atoms with E-state index in [1.807, 2.05) is 6.20 Å². The normalized spacial score (nSPS) is 19.7. The molecule has 4 heteroatoms. The van der Waals surface area contributed by atoms with Gasteiger partial charge in [0.25, 0.3) is 0 Å². The first-order valence-corrected chi connectivity index (χ1v) is 7.53. The van der Waals surface area contributed by atoms with E-state index in [0.717, 1.165) is 26.1 Å². The summed E-state index contributed by atoms with van der Waals surface area (Å²) in [7, 11) is 2.22. The molecule has 19 heavy (non-hydrogen) atoms. The Bertz CT molecular complexity index is 377. The molecule has 1 aliphatic heterocycles. The maximum Gasteiger partial charge on any atom is 0.0522 e. The van der Waals surface area contributed by atoms with Crippen molar-refractivity contribution in [3.05, 3.63) is 18.0 Å². The highest BCUT2D eigenvalue weighted by molar-refractivity contribution is 5.00. The molecule has 0 aliphatic carbocycles. The molecule has 1 saturated heterocycles. The largest absolute Gasteiger partial charge is 0.311 e. The first kappa shape index (κ1) is 14.5. The van der Waals surface area contributed by atoms with Gasteiger partial charge in [-0.15, -0.1) is 0 Å². The lowest BCUT2D eigenvalue weighted by molar-refractivity contribution is 0.136. The van der Waals surface area contributed by atoms with Crippen molar-refractivity contribution in [3.8, 4) is 0 Å². The highest BCUT2D eigenvalue weighted by Crippen LogP contribution is 2.29. The molecule has 4 nitrogen and oxygen atoms in total. The van der Waals surface area contributed by atoms with Gasteiger partial charge in [-0.2, -0.15) is 5.10 Å². The predicted molar refractivity (Wildman–Crippen MR) is 79.1 cm³/mol. The van der Waals surface area contributed by atoms with Gasteiger partial charge in [0, 0.05) is 25.8 Å². The summed E-state index contributed by atoms with van der Waals surface area (Å²) < 4.78 is 2.12. The van der Waals surface area contributed by atoms with Crippen molar-refractivity contribution in [1.82, 2.24) is 20.0 Å². The second-order valence-corrected chi connectivity index (χ2v) is 6.26. The summed E-state index contributed by atoms with van der Waals surface area (Å²) in [5, 5.41) is 8.00. The molecular weight excluding hydrogens is 236 g/mol. The van der Waals surface area contributed by atoms with Crippen LogP contribution in [0.2, 0.25) is 0 Å². The number of hydrogen-bond acceptors (Lipinski definition) is 3. The Morgan fingerprint density at radius 3 is 2.79 bits per heavy atom. The molecule has 0 radical (unpaired) electrons. The van der Waals surface area contributed by atoms with Crippen molar-refractivity contribution in [2.24, 2.45) is 5.41 Å². The van der Waals surface area contributed by atoms with E-state index in [1.54, 1.807) is 0 Å². The minimum absolute atomic E-state index is 0.460. The summed E-state index contributed by atoms with van der Waals surface area (Å²) >= 11 is 0. The van der Waals surface area contributed by atoms with E-state index < -0.39 is 0 Å². The standard InChI is InChI=1S/C15H28N4/c1-4-9-19-14(5-8-17-19)12-16-13-15(2)6-10-18(3)11-7-15/h5,8,16H,4,6-7,9-13H2,1-3H3. The predicted octanol–water partition coefficient (Wildman–Crippen LogP) is 2.11. The summed E-state index contributed by atoms with van der Waals surface area (Å²) in [5.41, 5.74) is 1.76. The molecule has 1 aromatic heterocycles. The molecule has 1 N–H and O–H groups in total. The summed E-state index contributed by atoms with van der Waals surface area (Å²) in [6.45, 7) is 10.1. The SMILES string of the molecule is CCCn1nccc1CNCC1(C)CCN(C)CC1. The van der Waals surface area contributed by atoms with Crippen LogP contribution in [0.15, 0.2) is 12.3 Å². The third-order valence-corrected chi connectivity index (χ3v) is 4.29. The maximum atomic E-state index is 4.37. The summed E-state index contributed by atoms with van der Waals surface area (Å²) in [6, 6.07) is 2.12. The maximum absolute atomic E-state index is 4.37. The van der Waals surface area contributed by atoms with Gasteiger partial charge < -0.3 is 10.2 Å². The van der Waals surface area contributed by atoms with Gasteiger partial charge in [0.15, 0.2) is 0 Å². The highest BCUT2D eigenvalue weighted by Gasteiger charge is 2.28. The van der Waals surface area contributed by atoms with Crippen LogP contribution in [-0.4, -0.2) is 41.4 Å². The third-order valence-electron chi connectivity index (χ3n) is 4.29. The Balaban J connectivity index is 1.78. The minimum atomic E-state index is 0.460. The number of hydrogen-bond donors (Lipinski definition) is 1. The van der Waals surface area contributed by atoms with Crippen LogP contribution in [0.5, 0.6) is 0 Å². The second kappa shape index (κ2) is 6.53. The van der Waals surface area contributed by atoms with Gasteiger partial charge in [-0.25, -0.2) is 0 Å². The smallest absolute Gasteiger partial charge is 0.0522 e. The Morgan fingerprint density at radius 1 is 1.37 bits per heavy atom. The van der Waals surface area contributed by atoms with Gasteiger partial charge in [0.1, 0.15) is 0 Å². The van der Waals surface area contributed by atoms with Crippen molar-refractivity contribution in [1.29, 1.82) is 0 Å². The molecule has 2 rings (SSSR count). The van der Waals surface area contributed by atoms with Crippen molar-refractivity contribution in [3.63, 3.8) is 0 Å². The molecule has 0 amide bonds. The number of rotatable bonds is 6. The second-order valence-electron chi connectivity index (χ2n) is 6.26. The average molecular weight is 264 g/mol. The lowest BCUT2D eigenvalue weighted by atomic mass is 9.80. The fourth-order valence-electron chi connectivity index (χ4n) is 2.75. The molecule has 0 spiro atoms. The molecule has 1 fully saturated rings. The van der Waals surface area contributed by atoms with Crippen LogP contribution in [0, 0.1) is 5.41 Å². The molecule has 0 unspecified atom stereocenters. The van der Waals surface area contributed by atoms with E-state index in [2.05, 4.69) is 47.0 Å². The van der Waals surface area contributed by atoms with Crippen LogP contribution >= 0.6 is 0 Å². The number of likely N-dealkylation sites (tertiary alicyclic amines) is 1. The Morgan fingerprint density at radius 2 is 2.11 bits per heavy atom. The van der Waals surface area contributed by atoms with E-state index in [4.69, 9.17) is 0 Å². The number of nitrogens with zero attached hydrogens (tertiary/aromatic N) is 3. The van der Waals surface area contributed by atoms with Gasteiger partial charge in [-0.05, 0) is 50.9 Å². The van der Waals surface area contributed by atoms with Crippen LogP contribution in [-0.2, 0) is 13.1 Å². The summed E-state index contributed by atoms with van der Waals surface area (Å²) in [5.74, 6) is 0. The van der Waals surface area contributed by atoms with Gasteiger partial charge in [0.2, 0.25) is 0 Å². The molecule has 0 atom stereocenters. The monoisotopic (exact) mass is 264 g/mol. The van der Waals surface area contributed by atoms with Crippen molar-refractivity contribution in [2.75, 3.05) is 26.7 Å². The van der Waals surface area contributed by atoms with E-state index in [-0.39, 0.29) is 0 Å². The Labute approximate surface area is 117 Å².